The third kappa shape index (κ3) is 1.83. The third-order valence-corrected chi connectivity index (χ3v) is 3.49. The summed E-state index contributed by atoms with van der Waals surface area (Å²) < 4.78 is 31.2. The number of ether oxygens (including phenoxy) is 1. The van der Waals surface area contributed by atoms with Crippen molar-refractivity contribution in [1.29, 1.82) is 0 Å². The summed E-state index contributed by atoms with van der Waals surface area (Å²) in [6.07, 6.45) is -1.30. The van der Waals surface area contributed by atoms with Crippen LogP contribution in [0.5, 0.6) is 5.75 Å². The number of aliphatic carboxylic acids is 1. The number of alkyl halides is 2. The fourth-order valence-electron chi connectivity index (χ4n) is 2.43. The van der Waals surface area contributed by atoms with Crippen molar-refractivity contribution in [2.24, 2.45) is 0 Å². The van der Waals surface area contributed by atoms with Gasteiger partial charge in [-0.1, -0.05) is 12.1 Å². The molecule has 3 nitrogen and oxygen atoms in total. The summed E-state index contributed by atoms with van der Waals surface area (Å²) >= 11 is 0. The summed E-state index contributed by atoms with van der Waals surface area (Å²) in [5, 5.41) is 9.23. The first-order valence-electron chi connectivity index (χ1n) is 5.57. The standard InChI is InChI=1S/C13H14F2O3/c1-8-3-4-9(5-10(8)18-2)12(11(16)17)6-13(14,15)7-12/h3-5H,6-7H2,1-2H3,(H,16,17). The first-order chi connectivity index (χ1) is 8.31. The highest BCUT2D eigenvalue weighted by molar-refractivity contribution is 5.83. The lowest BCUT2D eigenvalue weighted by Crippen LogP contribution is -2.54. The van der Waals surface area contributed by atoms with Crippen molar-refractivity contribution in [2.75, 3.05) is 7.11 Å². The number of carbonyl (C=O) groups is 1. The van der Waals surface area contributed by atoms with Gasteiger partial charge in [0.25, 0.3) is 5.92 Å². The van der Waals surface area contributed by atoms with Crippen LogP contribution in [0, 0.1) is 6.92 Å². The van der Waals surface area contributed by atoms with Crippen LogP contribution < -0.4 is 4.74 Å². The molecule has 0 spiro atoms. The molecular formula is C13H14F2O3. The first-order valence-corrected chi connectivity index (χ1v) is 5.57. The van der Waals surface area contributed by atoms with Crippen molar-refractivity contribution in [3.8, 4) is 5.75 Å². The molecular weight excluding hydrogens is 242 g/mol. The van der Waals surface area contributed by atoms with Crippen molar-refractivity contribution >= 4 is 5.97 Å². The highest BCUT2D eigenvalue weighted by Crippen LogP contribution is 2.54. The molecule has 18 heavy (non-hydrogen) atoms. The average Bonchev–Trinajstić information content (AvgIpc) is 2.25. The number of aryl methyl sites for hydroxylation is 1. The molecule has 0 unspecified atom stereocenters. The van der Waals surface area contributed by atoms with Crippen LogP contribution in [0.1, 0.15) is 24.0 Å². The van der Waals surface area contributed by atoms with Gasteiger partial charge in [-0.25, -0.2) is 8.78 Å². The van der Waals surface area contributed by atoms with E-state index in [0.29, 0.717) is 11.3 Å². The highest BCUT2D eigenvalue weighted by Gasteiger charge is 2.62. The predicted molar refractivity (Wildman–Crippen MR) is 61.2 cm³/mol. The fraction of sp³-hybridized carbons (Fsp3) is 0.462. The summed E-state index contributed by atoms with van der Waals surface area (Å²) in [5.41, 5.74) is -0.263. The van der Waals surface area contributed by atoms with Gasteiger partial charge in [-0.05, 0) is 24.1 Å². The molecule has 0 amide bonds. The van der Waals surface area contributed by atoms with E-state index in [1.54, 1.807) is 18.2 Å². The van der Waals surface area contributed by atoms with Gasteiger partial charge in [0.05, 0.1) is 7.11 Å². The minimum atomic E-state index is -2.89. The van der Waals surface area contributed by atoms with Crippen LogP contribution in [-0.2, 0) is 10.2 Å². The van der Waals surface area contributed by atoms with Crippen LogP contribution in [0.25, 0.3) is 0 Å². The van der Waals surface area contributed by atoms with E-state index in [-0.39, 0.29) is 0 Å². The van der Waals surface area contributed by atoms with Crippen LogP contribution in [-0.4, -0.2) is 24.1 Å². The molecule has 2 rings (SSSR count). The molecule has 0 heterocycles. The zero-order valence-electron chi connectivity index (χ0n) is 10.2. The number of hydrogen-bond donors (Lipinski definition) is 1. The van der Waals surface area contributed by atoms with Gasteiger partial charge in [0.15, 0.2) is 0 Å². The number of carboxylic acid groups (broad SMARTS) is 1. The minimum Gasteiger partial charge on any atom is -0.496 e. The summed E-state index contributed by atoms with van der Waals surface area (Å²) in [6, 6.07) is 4.81. The zero-order valence-corrected chi connectivity index (χ0v) is 10.2. The SMILES string of the molecule is COc1cc(C2(C(=O)O)CC(F)(F)C2)ccc1C. The van der Waals surface area contributed by atoms with Crippen LogP contribution in [0.3, 0.4) is 0 Å². The summed E-state index contributed by atoms with van der Waals surface area (Å²) in [5.74, 6) is -3.58. The Morgan fingerprint density at radius 2 is 2.00 bits per heavy atom. The van der Waals surface area contributed by atoms with Crippen LogP contribution in [0.2, 0.25) is 0 Å². The fourth-order valence-corrected chi connectivity index (χ4v) is 2.43. The second kappa shape index (κ2) is 3.93. The van der Waals surface area contributed by atoms with Crippen LogP contribution in [0.15, 0.2) is 18.2 Å². The van der Waals surface area contributed by atoms with E-state index in [0.717, 1.165) is 5.56 Å². The van der Waals surface area contributed by atoms with E-state index < -0.39 is 30.1 Å². The molecule has 5 heteroatoms. The van der Waals surface area contributed by atoms with Crippen LogP contribution in [0.4, 0.5) is 8.78 Å². The van der Waals surface area contributed by atoms with Crippen molar-refractivity contribution in [3.05, 3.63) is 29.3 Å². The number of methoxy groups -OCH3 is 1. The highest BCUT2D eigenvalue weighted by atomic mass is 19.3. The summed E-state index contributed by atoms with van der Waals surface area (Å²) in [4.78, 5) is 11.3. The largest absolute Gasteiger partial charge is 0.496 e. The Morgan fingerprint density at radius 3 is 2.44 bits per heavy atom. The van der Waals surface area contributed by atoms with Crippen molar-refractivity contribution in [2.45, 2.75) is 31.1 Å². The Balaban J connectivity index is 2.43. The first kappa shape index (κ1) is 12.8. The Hall–Kier alpha value is -1.65. The van der Waals surface area contributed by atoms with Crippen molar-refractivity contribution in [1.82, 2.24) is 0 Å². The maximum Gasteiger partial charge on any atom is 0.314 e. The Kier molecular flexibility index (Phi) is 2.80. The smallest absolute Gasteiger partial charge is 0.314 e. The van der Waals surface area contributed by atoms with E-state index in [1.807, 2.05) is 6.92 Å². The lowest BCUT2D eigenvalue weighted by Gasteiger charge is -2.44. The minimum absolute atomic E-state index is 0.378. The van der Waals surface area contributed by atoms with E-state index >= 15 is 0 Å². The molecule has 0 saturated heterocycles. The number of hydrogen-bond acceptors (Lipinski definition) is 2. The van der Waals surface area contributed by atoms with Gasteiger partial charge in [0.1, 0.15) is 11.2 Å². The maximum absolute atomic E-state index is 13.0. The quantitative estimate of drug-likeness (QED) is 0.904. The van der Waals surface area contributed by atoms with Gasteiger partial charge in [-0.3, -0.25) is 4.79 Å². The van der Waals surface area contributed by atoms with Crippen molar-refractivity contribution < 1.29 is 23.4 Å². The molecule has 0 aromatic heterocycles. The van der Waals surface area contributed by atoms with Gasteiger partial charge in [-0.15, -0.1) is 0 Å². The Labute approximate surface area is 103 Å². The second-order valence-electron chi connectivity index (χ2n) is 4.78. The summed E-state index contributed by atoms with van der Waals surface area (Å²) in [7, 11) is 1.47. The van der Waals surface area contributed by atoms with Gasteiger partial charge >= 0.3 is 5.97 Å². The van der Waals surface area contributed by atoms with Crippen molar-refractivity contribution in [3.63, 3.8) is 0 Å². The molecule has 0 atom stereocenters. The third-order valence-electron chi connectivity index (χ3n) is 3.49. The molecule has 1 fully saturated rings. The lowest BCUT2D eigenvalue weighted by molar-refractivity contribution is -0.174. The monoisotopic (exact) mass is 256 g/mol. The van der Waals surface area contributed by atoms with Gasteiger partial charge in [0.2, 0.25) is 0 Å². The molecule has 1 aromatic carbocycles. The van der Waals surface area contributed by atoms with E-state index in [1.165, 1.54) is 7.11 Å². The number of benzene rings is 1. The molecule has 1 aliphatic carbocycles. The normalized spacial score (nSPS) is 20.0. The topological polar surface area (TPSA) is 46.5 Å². The molecule has 1 saturated carbocycles. The van der Waals surface area contributed by atoms with E-state index in [4.69, 9.17) is 4.74 Å². The molecule has 98 valence electrons. The molecule has 0 bridgehead atoms. The number of halogens is 2. The van der Waals surface area contributed by atoms with Gasteiger partial charge in [-0.2, -0.15) is 0 Å². The molecule has 1 N–H and O–H groups in total. The zero-order chi connectivity index (χ0) is 13.6. The van der Waals surface area contributed by atoms with E-state index in [9.17, 15) is 18.7 Å². The number of rotatable bonds is 3. The number of carboxylic acids is 1. The maximum atomic E-state index is 13.0. The summed E-state index contributed by atoms with van der Waals surface area (Å²) in [6.45, 7) is 1.81. The second-order valence-corrected chi connectivity index (χ2v) is 4.78. The van der Waals surface area contributed by atoms with Gasteiger partial charge in [0, 0.05) is 12.8 Å². The molecule has 1 aromatic rings. The van der Waals surface area contributed by atoms with E-state index in [2.05, 4.69) is 0 Å². The molecule has 0 radical (unpaired) electrons. The van der Waals surface area contributed by atoms with Gasteiger partial charge < -0.3 is 9.84 Å². The molecule has 0 aliphatic heterocycles. The predicted octanol–water partition coefficient (Wildman–Crippen LogP) is 2.76. The lowest BCUT2D eigenvalue weighted by atomic mass is 9.62. The molecule has 1 aliphatic rings. The average molecular weight is 256 g/mol. The Bertz CT molecular complexity index is 489. The van der Waals surface area contributed by atoms with Crippen LogP contribution >= 0.6 is 0 Å². The Morgan fingerprint density at radius 1 is 1.39 bits per heavy atom.